The molecule has 4 rings (SSSR count). The van der Waals surface area contributed by atoms with E-state index in [2.05, 4.69) is 25.7 Å². The Morgan fingerprint density at radius 1 is 1.26 bits per heavy atom. The maximum atomic E-state index is 13.6. The van der Waals surface area contributed by atoms with Crippen LogP contribution in [0.1, 0.15) is 6.42 Å². The van der Waals surface area contributed by atoms with E-state index in [1.54, 1.807) is 12.1 Å². The molecule has 204 valence electrons. The van der Waals surface area contributed by atoms with Crippen molar-refractivity contribution in [3.05, 3.63) is 51.5 Å². The molecule has 0 aliphatic heterocycles. The number of carbonyl (C=O) groups excluding carboxylic acids is 1. The molecular weight excluding hydrogens is 591 g/mol. The van der Waals surface area contributed by atoms with Gasteiger partial charge in [-0.1, -0.05) is 34.7 Å². The maximum Gasteiger partial charge on any atom is 0.304 e. The number of carboxylic acid groups (broad SMARTS) is 1. The van der Waals surface area contributed by atoms with Crippen LogP contribution in [-0.4, -0.2) is 60.8 Å². The Morgan fingerprint density at radius 2 is 2.08 bits per heavy atom. The Hall–Kier alpha value is -3.37. The molecule has 0 bridgehead atoms. The molecule has 0 atom stereocenters. The van der Waals surface area contributed by atoms with Gasteiger partial charge in [-0.3, -0.25) is 9.59 Å². The van der Waals surface area contributed by atoms with E-state index in [0.29, 0.717) is 36.5 Å². The van der Waals surface area contributed by atoms with Crippen molar-refractivity contribution < 1.29 is 28.9 Å². The number of hydrogen-bond donors (Lipinski definition) is 4. The second-order valence-electron chi connectivity index (χ2n) is 7.75. The number of benzene rings is 2. The number of thioether (sulfide) groups is 1. The van der Waals surface area contributed by atoms with Crippen LogP contribution < -0.4 is 15.4 Å². The van der Waals surface area contributed by atoms with E-state index in [0.717, 1.165) is 0 Å². The van der Waals surface area contributed by atoms with Gasteiger partial charge in [-0.15, -0.1) is 0 Å². The van der Waals surface area contributed by atoms with Gasteiger partial charge in [-0.05, 0) is 36.5 Å². The fraction of sp³-hybridized carbons (Fsp3) is 0.217. The van der Waals surface area contributed by atoms with Crippen LogP contribution in [0.5, 0.6) is 5.75 Å². The molecule has 0 aliphatic rings. The minimum Gasteiger partial charge on any atom is -0.489 e. The van der Waals surface area contributed by atoms with Crippen molar-refractivity contribution in [1.29, 1.82) is 0 Å². The summed E-state index contributed by atoms with van der Waals surface area (Å²) in [7, 11) is 0. The van der Waals surface area contributed by atoms with Gasteiger partial charge in [0.15, 0.2) is 8.29 Å². The van der Waals surface area contributed by atoms with Crippen molar-refractivity contribution in [2.24, 2.45) is 0 Å². The maximum absolute atomic E-state index is 13.6. The molecule has 0 saturated heterocycles. The van der Waals surface area contributed by atoms with Crippen LogP contribution in [-0.2, 0) is 16.1 Å². The number of amides is 1. The third kappa shape index (κ3) is 7.60. The first kappa shape index (κ1) is 28.6. The van der Waals surface area contributed by atoms with E-state index in [4.69, 9.17) is 33.7 Å². The number of carbonyl (C=O) groups is 2. The first-order valence-corrected chi connectivity index (χ1v) is 13.8. The van der Waals surface area contributed by atoms with E-state index in [1.165, 1.54) is 52.3 Å². The Kier molecular flexibility index (Phi) is 9.63. The van der Waals surface area contributed by atoms with E-state index in [-0.39, 0.29) is 42.6 Å². The Labute approximate surface area is 239 Å². The fourth-order valence-electron chi connectivity index (χ4n) is 3.26. The summed E-state index contributed by atoms with van der Waals surface area (Å²) >= 11 is 13.6. The smallest absolute Gasteiger partial charge is 0.304 e. The van der Waals surface area contributed by atoms with E-state index < -0.39 is 17.7 Å². The Balaban J connectivity index is 1.58. The van der Waals surface area contributed by atoms with Crippen molar-refractivity contribution in [2.45, 2.75) is 17.3 Å². The standard InChI is InChI=1S/C23H20ClFN6O5S3/c24-14-7-12(1-2-15(14)25)28-21-13-8-17(18(36-5-4-32)9-16(13)26-11-27-21)29-19(33)10-31-23(37)39-22(30-31)38-6-3-20(34)35/h1-2,7-9,11,32H,3-6,10H2,(H,29,33)(H,34,35)(H,26,27,28). The summed E-state index contributed by atoms with van der Waals surface area (Å²) in [5.41, 5.74) is 1.26. The lowest BCUT2D eigenvalue weighted by Gasteiger charge is -2.15. The molecule has 4 N–H and O–H groups in total. The van der Waals surface area contributed by atoms with Crippen LogP contribution in [0.4, 0.5) is 21.6 Å². The number of carboxylic acids is 1. The summed E-state index contributed by atoms with van der Waals surface area (Å²) in [4.78, 5) is 32.2. The molecule has 2 aromatic carbocycles. The number of nitrogens with one attached hydrogen (secondary N) is 2. The van der Waals surface area contributed by atoms with Crippen LogP contribution >= 0.6 is 46.9 Å². The second kappa shape index (κ2) is 13.1. The third-order valence-corrected chi connectivity index (χ3v) is 7.70. The molecule has 16 heteroatoms. The van der Waals surface area contributed by atoms with E-state index in [9.17, 15) is 19.1 Å². The van der Waals surface area contributed by atoms with Gasteiger partial charge >= 0.3 is 5.97 Å². The van der Waals surface area contributed by atoms with Crippen molar-refractivity contribution in [1.82, 2.24) is 19.7 Å². The highest BCUT2D eigenvalue weighted by atomic mass is 35.5. The van der Waals surface area contributed by atoms with Crippen LogP contribution in [0.3, 0.4) is 0 Å². The van der Waals surface area contributed by atoms with Crippen molar-refractivity contribution in [3.8, 4) is 5.75 Å². The molecule has 0 aliphatic carbocycles. The number of aliphatic hydroxyl groups is 1. The first-order chi connectivity index (χ1) is 18.7. The number of aliphatic hydroxyl groups excluding tert-OH is 1. The van der Waals surface area contributed by atoms with Gasteiger partial charge in [-0.25, -0.2) is 19.0 Å². The molecule has 0 fully saturated rings. The summed E-state index contributed by atoms with van der Waals surface area (Å²) < 4.78 is 21.5. The van der Waals surface area contributed by atoms with Crippen molar-refractivity contribution in [3.63, 3.8) is 0 Å². The van der Waals surface area contributed by atoms with Gasteiger partial charge in [-0.2, -0.15) is 5.10 Å². The second-order valence-corrected chi connectivity index (χ2v) is 11.1. The third-order valence-electron chi connectivity index (χ3n) is 4.96. The summed E-state index contributed by atoms with van der Waals surface area (Å²) in [5, 5.41) is 28.6. The van der Waals surface area contributed by atoms with Gasteiger partial charge in [0.25, 0.3) is 0 Å². The normalized spacial score (nSPS) is 10.9. The predicted molar refractivity (Wildman–Crippen MR) is 149 cm³/mol. The number of halogens is 2. The largest absolute Gasteiger partial charge is 0.489 e. The number of ether oxygens (including phenoxy) is 1. The van der Waals surface area contributed by atoms with Crippen LogP contribution in [0.2, 0.25) is 5.02 Å². The number of anilines is 3. The molecule has 2 heterocycles. The topological polar surface area (TPSA) is 151 Å². The lowest BCUT2D eigenvalue weighted by atomic mass is 10.1. The fourth-order valence-corrected chi connectivity index (χ4v) is 5.77. The highest BCUT2D eigenvalue weighted by molar-refractivity contribution is 8.01. The lowest BCUT2D eigenvalue weighted by Crippen LogP contribution is -2.20. The molecule has 2 aromatic heterocycles. The highest BCUT2D eigenvalue weighted by Crippen LogP contribution is 2.34. The summed E-state index contributed by atoms with van der Waals surface area (Å²) in [6, 6.07) is 7.35. The molecule has 11 nitrogen and oxygen atoms in total. The zero-order valence-corrected chi connectivity index (χ0v) is 23.1. The molecule has 4 aromatic rings. The molecule has 1 amide bonds. The minimum atomic E-state index is -0.912. The molecule has 0 unspecified atom stereocenters. The number of hydrogen-bond acceptors (Lipinski definition) is 11. The van der Waals surface area contributed by atoms with Gasteiger partial charge in [0.1, 0.15) is 36.9 Å². The zero-order chi connectivity index (χ0) is 27.9. The molecule has 0 saturated carbocycles. The van der Waals surface area contributed by atoms with Gasteiger partial charge in [0.2, 0.25) is 5.91 Å². The Bertz CT molecular complexity index is 1580. The SMILES string of the molecule is O=C(O)CCSc1nn(CC(=O)Nc2cc3c(Nc4ccc(F)c(Cl)c4)ncnc3cc2OCCO)c(=S)s1. The lowest BCUT2D eigenvalue weighted by molar-refractivity contribution is -0.136. The van der Waals surface area contributed by atoms with Crippen molar-refractivity contribution in [2.75, 3.05) is 29.6 Å². The number of rotatable bonds is 12. The predicted octanol–water partition coefficient (Wildman–Crippen LogP) is 4.73. The monoisotopic (exact) mass is 610 g/mol. The number of aromatic nitrogens is 4. The minimum absolute atomic E-state index is 0.0211. The zero-order valence-electron chi connectivity index (χ0n) is 19.9. The molecule has 0 spiro atoms. The van der Waals surface area contributed by atoms with Crippen LogP contribution in [0, 0.1) is 9.77 Å². The van der Waals surface area contributed by atoms with Crippen LogP contribution in [0.15, 0.2) is 41.0 Å². The number of nitrogens with zero attached hydrogens (tertiary/aromatic N) is 4. The number of fused-ring (bicyclic) bond motifs is 1. The molecule has 39 heavy (non-hydrogen) atoms. The summed E-state index contributed by atoms with van der Waals surface area (Å²) in [6.07, 6.45) is 1.31. The summed E-state index contributed by atoms with van der Waals surface area (Å²) in [6.45, 7) is -0.465. The van der Waals surface area contributed by atoms with Gasteiger partial charge in [0, 0.05) is 22.9 Å². The van der Waals surface area contributed by atoms with E-state index >= 15 is 0 Å². The van der Waals surface area contributed by atoms with Gasteiger partial charge < -0.3 is 25.6 Å². The van der Waals surface area contributed by atoms with Crippen molar-refractivity contribution >= 4 is 86.9 Å². The van der Waals surface area contributed by atoms with E-state index in [1.807, 2.05) is 0 Å². The molecule has 0 radical (unpaired) electrons. The molecular formula is C23H20ClFN6O5S3. The number of aliphatic carboxylic acids is 1. The Morgan fingerprint density at radius 3 is 2.82 bits per heavy atom. The first-order valence-electron chi connectivity index (χ1n) is 11.2. The quantitative estimate of drug-likeness (QED) is 0.130. The summed E-state index contributed by atoms with van der Waals surface area (Å²) in [5.74, 6) is -0.956. The highest BCUT2D eigenvalue weighted by Gasteiger charge is 2.16. The van der Waals surface area contributed by atoms with Crippen LogP contribution in [0.25, 0.3) is 10.9 Å². The average Bonchev–Trinajstić information content (AvgIpc) is 3.23. The van der Waals surface area contributed by atoms with Gasteiger partial charge in [0.05, 0.1) is 29.3 Å². The average molecular weight is 611 g/mol.